The molecule has 0 radical (unpaired) electrons. The minimum absolute atomic E-state index is 0.263. The Kier molecular flexibility index (Phi) is 2.95. The number of fused-ring (bicyclic) bond motifs is 1. The van der Waals surface area contributed by atoms with E-state index >= 15 is 0 Å². The maximum absolute atomic E-state index is 12.5. The third-order valence-corrected chi connectivity index (χ3v) is 3.38. The lowest BCUT2D eigenvalue weighted by atomic mass is 10.0. The van der Waals surface area contributed by atoms with Crippen molar-refractivity contribution in [1.82, 2.24) is 4.57 Å². The van der Waals surface area contributed by atoms with Crippen LogP contribution in [0.1, 0.15) is 15.9 Å². The predicted molar refractivity (Wildman–Crippen MR) is 78.5 cm³/mol. The van der Waals surface area contributed by atoms with Gasteiger partial charge >= 0.3 is 6.03 Å². The molecule has 2 aromatic heterocycles. The summed E-state index contributed by atoms with van der Waals surface area (Å²) in [5, 5.41) is 0.785. The number of anilines is 1. The number of primary amides is 1. The third-order valence-electron chi connectivity index (χ3n) is 3.17. The Morgan fingerprint density at radius 2 is 2.05 bits per heavy atom. The number of aromatic nitrogens is 1. The van der Waals surface area contributed by atoms with Gasteiger partial charge in [-0.05, 0) is 18.2 Å². The van der Waals surface area contributed by atoms with Crippen molar-refractivity contribution < 1.29 is 14.0 Å². The molecule has 0 aliphatic carbocycles. The fraction of sp³-hybridized carbons (Fsp3) is 0. The fourth-order valence-electron chi connectivity index (χ4n) is 2.26. The highest BCUT2D eigenvalue weighted by Crippen LogP contribution is 2.31. The number of rotatable bonds is 2. The topological polar surface area (TPSA) is 104 Å². The zero-order chi connectivity index (χ0) is 15.1. The molecule has 1 amide bonds. The first-order valence-electron chi connectivity index (χ1n) is 5.96. The van der Waals surface area contributed by atoms with Gasteiger partial charge in [0.25, 0.3) is 0 Å². The number of nitrogen functional groups attached to an aromatic ring is 1. The van der Waals surface area contributed by atoms with Crippen molar-refractivity contribution in [3.05, 3.63) is 53.1 Å². The van der Waals surface area contributed by atoms with Crippen LogP contribution in [0.15, 0.2) is 41.3 Å². The van der Waals surface area contributed by atoms with Crippen molar-refractivity contribution in [3.63, 3.8) is 0 Å². The first kappa shape index (κ1) is 13.3. The first-order chi connectivity index (χ1) is 9.99. The Bertz CT molecular complexity index is 865. The number of furan rings is 1. The molecule has 6 nitrogen and oxygen atoms in total. The number of carbonyl (C=O) groups is 2. The van der Waals surface area contributed by atoms with Crippen molar-refractivity contribution in [3.8, 4) is 0 Å². The van der Waals surface area contributed by atoms with Gasteiger partial charge in [-0.15, -0.1) is 0 Å². The monoisotopic (exact) mass is 303 g/mol. The Hall–Kier alpha value is -2.73. The summed E-state index contributed by atoms with van der Waals surface area (Å²) in [6, 6.07) is 3.85. The number of benzene rings is 1. The molecule has 0 saturated carbocycles. The molecule has 1 aromatic carbocycles. The van der Waals surface area contributed by atoms with Crippen LogP contribution < -0.4 is 11.5 Å². The summed E-state index contributed by atoms with van der Waals surface area (Å²) in [6.07, 6.45) is 4.07. The lowest BCUT2D eigenvalue weighted by Gasteiger charge is -2.02. The van der Waals surface area contributed by atoms with Crippen LogP contribution in [0.25, 0.3) is 10.9 Å². The summed E-state index contributed by atoms with van der Waals surface area (Å²) in [7, 11) is 0. The first-order valence-corrected chi connectivity index (χ1v) is 6.33. The van der Waals surface area contributed by atoms with Gasteiger partial charge in [0.2, 0.25) is 0 Å². The smallest absolute Gasteiger partial charge is 0.323 e. The summed E-state index contributed by atoms with van der Waals surface area (Å²) in [6.45, 7) is 0. The van der Waals surface area contributed by atoms with Crippen LogP contribution in [-0.2, 0) is 0 Å². The van der Waals surface area contributed by atoms with Gasteiger partial charge in [-0.2, -0.15) is 0 Å². The van der Waals surface area contributed by atoms with Gasteiger partial charge in [-0.25, -0.2) is 4.79 Å². The quantitative estimate of drug-likeness (QED) is 0.561. The summed E-state index contributed by atoms with van der Waals surface area (Å²) in [5.74, 6) is -0.317. The second-order valence-corrected chi connectivity index (χ2v) is 4.92. The van der Waals surface area contributed by atoms with Gasteiger partial charge in [0.05, 0.1) is 22.9 Å². The van der Waals surface area contributed by atoms with Crippen LogP contribution >= 0.6 is 11.6 Å². The molecule has 3 rings (SSSR count). The minimum Gasteiger partial charge on any atom is -0.472 e. The van der Waals surface area contributed by atoms with Crippen LogP contribution in [0.3, 0.4) is 0 Å². The van der Waals surface area contributed by atoms with Crippen LogP contribution in [-0.4, -0.2) is 16.4 Å². The molecule has 21 heavy (non-hydrogen) atoms. The summed E-state index contributed by atoms with van der Waals surface area (Å²) < 4.78 is 6.04. The molecule has 0 saturated heterocycles. The maximum atomic E-state index is 12.5. The van der Waals surface area contributed by atoms with Crippen LogP contribution in [0.2, 0.25) is 5.02 Å². The lowest BCUT2D eigenvalue weighted by molar-refractivity contribution is 0.103. The average Bonchev–Trinajstić information content (AvgIpc) is 3.04. The highest BCUT2D eigenvalue weighted by Gasteiger charge is 2.21. The van der Waals surface area contributed by atoms with E-state index < -0.39 is 6.03 Å². The second kappa shape index (κ2) is 4.68. The van der Waals surface area contributed by atoms with Crippen LogP contribution in [0.5, 0.6) is 0 Å². The zero-order valence-corrected chi connectivity index (χ0v) is 11.4. The van der Waals surface area contributed by atoms with E-state index in [1.807, 2.05) is 0 Å². The predicted octanol–water partition coefficient (Wildman–Crippen LogP) is 2.63. The average molecular weight is 304 g/mol. The fourth-order valence-corrected chi connectivity index (χ4v) is 2.48. The molecule has 0 spiro atoms. The standard InChI is InChI=1S/C14H10ClN3O3/c15-8-3-10(16)12-9(13(19)7-1-2-21-6-7)5-18(14(17)20)11(12)4-8/h1-6H,16H2,(H2,17,20). The van der Waals surface area contributed by atoms with E-state index in [2.05, 4.69) is 0 Å². The van der Waals surface area contributed by atoms with E-state index in [9.17, 15) is 9.59 Å². The normalized spacial score (nSPS) is 10.9. The number of nitrogens with zero attached hydrogens (tertiary/aromatic N) is 1. The Balaban J connectivity index is 2.33. The number of carbonyl (C=O) groups excluding carboxylic acids is 2. The molecule has 106 valence electrons. The Morgan fingerprint density at radius 1 is 1.29 bits per heavy atom. The van der Waals surface area contributed by atoms with Gasteiger partial charge in [0.1, 0.15) is 6.26 Å². The van der Waals surface area contributed by atoms with E-state index in [1.165, 1.54) is 36.9 Å². The van der Waals surface area contributed by atoms with E-state index in [0.29, 0.717) is 27.2 Å². The molecular formula is C14H10ClN3O3. The molecule has 0 atom stereocenters. The van der Waals surface area contributed by atoms with Crippen molar-refractivity contribution in [2.24, 2.45) is 5.73 Å². The number of hydrogen-bond donors (Lipinski definition) is 2. The molecule has 2 heterocycles. The number of ketones is 1. The summed E-state index contributed by atoms with van der Waals surface area (Å²) in [5.41, 5.74) is 12.6. The highest BCUT2D eigenvalue weighted by atomic mass is 35.5. The lowest BCUT2D eigenvalue weighted by Crippen LogP contribution is -2.18. The van der Waals surface area contributed by atoms with Crippen LogP contribution in [0, 0.1) is 0 Å². The van der Waals surface area contributed by atoms with E-state index in [-0.39, 0.29) is 11.3 Å². The second-order valence-electron chi connectivity index (χ2n) is 4.48. The van der Waals surface area contributed by atoms with Gasteiger partial charge < -0.3 is 15.9 Å². The molecule has 0 bridgehead atoms. The zero-order valence-electron chi connectivity index (χ0n) is 10.7. The molecule has 4 N–H and O–H groups in total. The molecule has 0 unspecified atom stereocenters. The largest absolute Gasteiger partial charge is 0.472 e. The van der Waals surface area contributed by atoms with Crippen molar-refractivity contribution in [2.45, 2.75) is 0 Å². The number of halogens is 1. The SMILES string of the molecule is NC(=O)n1cc(C(=O)c2ccoc2)c2c(N)cc(Cl)cc21. The van der Waals surface area contributed by atoms with Crippen molar-refractivity contribution in [2.75, 3.05) is 5.73 Å². The maximum Gasteiger partial charge on any atom is 0.323 e. The Morgan fingerprint density at radius 3 is 2.67 bits per heavy atom. The van der Waals surface area contributed by atoms with Crippen molar-refractivity contribution in [1.29, 1.82) is 0 Å². The molecular weight excluding hydrogens is 294 g/mol. The van der Waals surface area contributed by atoms with E-state index in [4.69, 9.17) is 27.5 Å². The van der Waals surface area contributed by atoms with E-state index in [0.717, 1.165) is 4.57 Å². The van der Waals surface area contributed by atoms with Crippen LogP contribution in [0.4, 0.5) is 10.5 Å². The van der Waals surface area contributed by atoms with Gasteiger partial charge in [-0.3, -0.25) is 9.36 Å². The van der Waals surface area contributed by atoms with Gasteiger partial charge in [-0.1, -0.05) is 11.6 Å². The minimum atomic E-state index is -0.729. The molecule has 7 heteroatoms. The number of nitrogens with two attached hydrogens (primary N) is 2. The highest BCUT2D eigenvalue weighted by molar-refractivity contribution is 6.32. The van der Waals surface area contributed by atoms with Gasteiger partial charge in [0, 0.05) is 22.3 Å². The molecule has 0 fully saturated rings. The summed E-state index contributed by atoms with van der Waals surface area (Å²) >= 11 is 5.94. The number of amides is 1. The number of hydrogen-bond acceptors (Lipinski definition) is 4. The van der Waals surface area contributed by atoms with E-state index in [1.54, 1.807) is 0 Å². The van der Waals surface area contributed by atoms with Gasteiger partial charge in [0.15, 0.2) is 5.78 Å². The van der Waals surface area contributed by atoms with Crippen molar-refractivity contribution >= 4 is 40.0 Å². The Labute approximate surface area is 123 Å². The molecule has 0 aliphatic heterocycles. The molecule has 3 aromatic rings. The molecule has 0 aliphatic rings. The summed E-state index contributed by atoms with van der Waals surface area (Å²) in [4.78, 5) is 24.0. The third kappa shape index (κ3) is 2.05.